The molecule has 0 saturated heterocycles. The lowest BCUT2D eigenvalue weighted by Gasteiger charge is -2.24. The summed E-state index contributed by atoms with van der Waals surface area (Å²) < 4.78 is 38.7. The first-order valence-electron chi connectivity index (χ1n) is 12.0. The van der Waals surface area contributed by atoms with Crippen LogP contribution in [0.4, 0.5) is 13.2 Å². The Morgan fingerprint density at radius 3 is 2.27 bits per heavy atom. The van der Waals surface area contributed by atoms with E-state index in [1.54, 1.807) is 0 Å². The van der Waals surface area contributed by atoms with Crippen molar-refractivity contribution in [3.8, 4) is 0 Å². The fraction of sp³-hybridized carbons (Fsp3) is 0.444. The molecule has 0 fully saturated rings. The Morgan fingerprint density at radius 2 is 1.65 bits per heavy atom. The van der Waals surface area contributed by atoms with Crippen molar-refractivity contribution in [3.05, 3.63) is 70.3 Å². The van der Waals surface area contributed by atoms with Crippen molar-refractivity contribution in [3.63, 3.8) is 0 Å². The predicted molar refractivity (Wildman–Crippen MR) is 136 cm³/mol. The molecule has 4 N–H and O–H groups in total. The van der Waals surface area contributed by atoms with E-state index in [0.29, 0.717) is 6.54 Å². The first-order chi connectivity index (χ1) is 17.1. The average molecular weight is 521 g/mol. The molecule has 3 amide bonds. The summed E-state index contributed by atoms with van der Waals surface area (Å²) in [6, 6.07) is 9.47. The van der Waals surface area contributed by atoms with Crippen LogP contribution in [0.5, 0.6) is 0 Å². The monoisotopic (exact) mass is 520 g/mol. The summed E-state index contributed by atoms with van der Waals surface area (Å²) in [6.07, 6.45) is -4.58. The van der Waals surface area contributed by atoms with Crippen LogP contribution in [0.2, 0.25) is 0 Å². The fourth-order valence-corrected chi connectivity index (χ4v) is 3.67. The lowest BCUT2D eigenvalue weighted by Crippen LogP contribution is -2.50. The van der Waals surface area contributed by atoms with Crippen molar-refractivity contribution < 1.29 is 27.6 Å². The van der Waals surface area contributed by atoms with E-state index in [9.17, 15) is 27.6 Å². The van der Waals surface area contributed by atoms with Gasteiger partial charge in [0.15, 0.2) is 0 Å². The van der Waals surface area contributed by atoms with Gasteiger partial charge in [-0.1, -0.05) is 29.8 Å². The Morgan fingerprint density at radius 1 is 0.946 bits per heavy atom. The third kappa shape index (κ3) is 10.6. The molecule has 10 heteroatoms. The molecule has 37 heavy (non-hydrogen) atoms. The Bertz CT molecular complexity index is 1110. The van der Waals surface area contributed by atoms with Crippen molar-refractivity contribution in [1.82, 2.24) is 21.3 Å². The van der Waals surface area contributed by atoms with Crippen molar-refractivity contribution in [2.45, 2.75) is 65.3 Å². The zero-order valence-electron chi connectivity index (χ0n) is 21.8. The predicted octanol–water partition coefficient (Wildman–Crippen LogP) is 3.63. The van der Waals surface area contributed by atoms with Gasteiger partial charge in [0.1, 0.15) is 0 Å². The highest BCUT2D eigenvalue weighted by molar-refractivity contribution is 5.96. The molecule has 2 aromatic rings. The van der Waals surface area contributed by atoms with Crippen LogP contribution in [-0.2, 0) is 22.3 Å². The van der Waals surface area contributed by atoms with Gasteiger partial charge < -0.3 is 21.3 Å². The molecule has 2 aromatic carbocycles. The van der Waals surface area contributed by atoms with E-state index in [4.69, 9.17) is 0 Å². The summed E-state index contributed by atoms with van der Waals surface area (Å²) in [4.78, 5) is 37.3. The van der Waals surface area contributed by atoms with Crippen LogP contribution < -0.4 is 21.3 Å². The molecule has 0 heterocycles. The number of nitrogens with one attached hydrogen (secondary N) is 4. The smallest absolute Gasteiger partial charge is 0.351 e. The molecule has 0 aliphatic rings. The maximum atomic E-state index is 12.9. The minimum absolute atomic E-state index is 0.00443. The molecule has 0 radical (unpaired) electrons. The van der Waals surface area contributed by atoms with Gasteiger partial charge in [0, 0.05) is 30.6 Å². The minimum Gasteiger partial charge on any atom is -0.351 e. The maximum Gasteiger partial charge on any atom is 0.416 e. The Kier molecular flexibility index (Phi) is 10.2. The zero-order valence-corrected chi connectivity index (χ0v) is 21.8. The number of hydrogen-bond acceptors (Lipinski definition) is 4. The Labute approximate surface area is 215 Å². The molecule has 2 rings (SSSR count). The van der Waals surface area contributed by atoms with E-state index in [2.05, 4.69) is 27.3 Å². The number of carbonyl (C=O) groups is 3. The third-order valence-corrected chi connectivity index (χ3v) is 5.38. The summed E-state index contributed by atoms with van der Waals surface area (Å²) in [5, 5.41) is 11.2. The summed E-state index contributed by atoms with van der Waals surface area (Å²) in [7, 11) is 0. The maximum absolute atomic E-state index is 12.9. The number of hydrogen-bond donors (Lipinski definition) is 4. The van der Waals surface area contributed by atoms with Gasteiger partial charge in [-0.25, -0.2) is 0 Å². The largest absolute Gasteiger partial charge is 0.416 e. The van der Waals surface area contributed by atoms with Crippen LogP contribution in [0, 0.1) is 13.8 Å². The molecule has 0 saturated carbocycles. The van der Waals surface area contributed by atoms with Crippen molar-refractivity contribution >= 4 is 17.7 Å². The first-order valence-corrected chi connectivity index (χ1v) is 12.0. The molecule has 0 bridgehead atoms. The van der Waals surface area contributed by atoms with E-state index < -0.39 is 41.7 Å². The lowest BCUT2D eigenvalue weighted by molar-refractivity contribution is -0.137. The molecule has 0 aliphatic carbocycles. The zero-order chi connectivity index (χ0) is 27.8. The van der Waals surface area contributed by atoms with Crippen LogP contribution in [0.25, 0.3) is 0 Å². The second-order valence-corrected chi connectivity index (χ2v) is 10.1. The number of alkyl halides is 3. The number of carbonyl (C=O) groups excluding carboxylic acids is 3. The van der Waals surface area contributed by atoms with E-state index in [0.717, 1.165) is 34.9 Å². The fourth-order valence-electron chi connectivity index (χ4n) is 3.67. The van der Waals surface area contributed by atoms with Gasteiger partial charge in [-0.3, -0.25) is 14.4 Å². The lowest BCUT2D eigenvalue weighted by atomic mass is 10.1. The average Bonchev–Trinajstić information content (AvgIpc) is 2.77. The Balaban J connectivity index is 1.98. The topological polar surface area (TPSA) is 99.3 Å². The van der Waals surface area contributed by atoms with Gasteiger partial charge in [0.25, 0.3) is 5.91 Å². The molecular formula is C27H35F3N4O3. The van der Waals surface area contributed by atoms with Crippen molar-refractivity contribution in [2.24, 2.45) is 0 Å². The second-order valence-electron chi connectivity index (χ2n) is 10.1. The van der Waals surface area contributed by atoms with E-state index in [-0.39, 0.29) is 24.4 Å². The van der Waals surface area contributed by atoms with Gasteiger partial charge in [-0.2, -0.15) is 13.2 Å². The number of aryl methyl sites for hydroxylation is 2. The number of amides is 3. The van der Waals surface area contributed by atoms with Crippen molar-refractivity contribution in [1.29, 1.82) is 0 Å². The van der Waals surface area contributed by atoms with Gasteiger partial charge in [-0.05, 0) is 63.9 Å². The van der Waals surface area contributed by atoms with Gasteiger partial charge in [-0.15, -0.1) is 0 Å². The second kappa shape index (κ2) is 12.7. The van der Waals surface area contributed by atoms with Crippen LogP contribution in [-0.4, -0.2) is 42.4 Å². The van der Waals surface area contributed by atoms with Crippen LogP contribution >= 0.6 is 0 Å². The summed E-state index contributed by atoms with van der Waals surface area (Å²) in [5.41, 5.74) is 1.75. The van der Waals surface area contributed by atoms with Gasteiger partial charge in [0.2, 0.25) is 11.8 Å². The molecule has 1 atom stereocenters. The van der Waals surface area contributed by atoms with Crippen LogP contribution in [0.15, 0.2) is 42.5 Å². The summed E-state index contributed by atoms with van der Waals surface area (Å²) >= 11 is 0. The standard InChI is InChI=1S/C27H35F3N4O3/c1-17-9-10-20(18(2)11-17)14-31-15-22(13-23(35)34-26(3,4)5)33-24(36)16-32-25(37)19-7-6-8-21(12-19)27(28,29)30/h6-12,22,31H,13-16H2,1-5H3,(H,32,37)(H,33,36)(H,34,35). The number of halogens is 3. The minimum atomic E-state index is -4.58. The molecule has 7 nitrogen and oxygen atoms in total. The molecule has 1 unspecified atom stereocenters. The number of benzene rings is 2. The normalized spacial score (nSPS) is 12.5. The SMILES string of the molecule is Cc1ccc(CNCC(CC(=O)NC(C)(C)C)NC(=O)CNC(=O)c2cccc(C(F)(F)F)c2)c(C)c1. The summed E-state index contributed by atoms with van der Waals surface area (Å²) in [6.45, 7) is 9.93. The van der Waals surface area contributed by atoms with Crippen LogP contribution in [0.3, 0.4) is 0 Å². The number of rotatable bonds is 10. The molecule has 0 aromatic heterocycles. The quantitative estimate of drug-likeness (QED) is 0.385. The first kappa shape index (κ1) is 29.8. The highest BCUT2D eigenvalue weighted by Crippen LogP contribution is 2.29. The van der Waals surface area contributed by atoms with E-state index in [1.165, 1.54) is 6.07 Å². The van der Waals surface area contributed by atoms with E-state index in [1.807, 2.05) is 46.8 Å². The molecule has 0 aliphatic heterocycles. The Hall–Kier alpha value is -3.40. The van der Waals surface area contributed by atoms with Gasteiger partial charge in [0.05, 0.1) is 18.2 Å². The van der Waals surface area contributed by atoms with Crippen molar-refractivity contribution in [2.75, 3.05) is 13.1 Å². The third-order valence-electron chi connectivity index (χ3n) is 5.38. The van der Waals surface area contributed by atoms with Crippen LogP contribution in [0.1, 0.15) is 59.8 Å². The highest BCUT2D eigenvalue weighted by Gasteiger charge is 2.31. The van der Waals surface area contributed by atoms with E-state index >= 15 is 0 Å². The highest BCUT2D eigenvalue weighted by atomic mass is 19.4. The molecule has 0 spiro atoms. The summed E-state index contributed by atoms with van der Waals surface area (Å²) in [5.74, 6) is -1.63. The van der Waals surface area contributed by atoms with Gasteiger partial charge >= 0.3 is 6.18 Å². The molecule has 202 valence electrons. The molecular weight excluding hydrogens is 485 g/mol.